The van der Waals surface area contributed by atoms with Crippen LogP contribution in [0.2, 0.25) is 0 Å². The van der Waals surface area contributed by atoms with Crippen molar-refractivity contribution in [2.24, 2.45) is 11.7 Å². The van der Waals surface area contributed by atoms with Gasteiger partial charge in [-0.2, -0.15) is 11.8 Å². The first kappa shape index (κ1) is 13.8. The van der Waals surface area contributed by atoms with Crippen molar-refractivity contribution < 1.29 is 4.79 Å². The molecule has 1 aliphatic rings. The molecule has 1 aliphatic heterocycles. The Kier molecular flexibility index (Phi) is 5.62. The number of rotatable bonds is 4. The zero-order valence-electron chi connectivity index (χ0n) is 10.6. The highest BCUT2D eigenvalue weighted by atomic mass is 32.2. The SMILES string of the molecule is CC1CN(C(=O)C(C)CCCN)CC(C)S1. The fourth-order valence-electron chi connectivity index (χ4n) is 2.22. The largest absolute Gasteiger partial charge is 0.340 e. The van der Waals surface area contributed by atoms with Gasteiger partial charge in [0.15, 0.2) is 0 Å². The Balaban J connectivity index is 2.45. The zero-order chi connectivity index (χ0) is 12.1. The Morgan fingerprint density at radius 1 is 1.44 bits per heavy atom. The summed E-state index contributed by atoms with van der Waals surface area (Å²) in [6.07, 6.45) is 1.86. The van der Waals surface area contributed by atoms with Crippen molar-refractivity contribution in [3.8, 4) is 0 Å². The third-order valence-corrected chi connectivity index (χ3v) is 4.22. The quantitative estimate of drug-likeness (QED) is 0.819. The van der Waals surface area contributed by atoms with Crippen LogP contribution in [0.15, 0.2) is 0 Å². The van der Waals surface area contributed by atoms with E-state index < -0.39 is 0 Å². The average molecular weight is 244 g/mol. The Morgan fingerprint density at radius 2 is 2.00 bits per heavy atom. The first-order chi connectivity index (χ1) is 7.54. The molecule has 16 heavy (non-hydrogen) atoms. The number of nitrogens with zero attached hydrogens (tertiary/aromatic N) is 1. The van der Waals surface area contributed by atoms with Crippen LogP contribution in [0, 0.1) is 5.92 Å². The number of nitrogens with two attached hydrogens (primary N) is 1. The highest BCUT2D eigenvalue weighted by Crippen LogP contribution is 2.26. The molecule has 2 N–H and O–H groups in total. The predicted octanol–water partition coefficient (Wildman–Crippen LogP) is 1.71. The van der Waals surface area contributed by atoms with E-state index in [9.17, 15) is 4.79 Å². The lowest BCUT2D eigenvalue weighted by molar-refractivity contribution is -0.135. The van der Waals surface area contributed by atoms with Gasteiger partial charge in [0.05, 0.1) is 0 Å². The molecule has 1 heterocycles. The molecule has 0 bridgehead atoms. The number of carbonyl (C=O) groups is 1. The highest BCUT2D eigenvalue weighted by molar-refractivity contribution is 8.00. The van der Waals surface area contributed by atoms with Gasteiger partial charge in [-0.1, -0.05) is 20.8 Å². The lowest BCUT2D eigenvalue weighted by atomic mass is 10.0. The number of hydrogen-bond donors (Lipinski definition) is 1. The summed E-state index contributed by atoms with van der Waals surface area (Å²) in [4.78, 5) is 14.2. The van der Waals surface area contributed by atoms with Gasteiger partial charge in [0, 0.05) is 29.5 Å². The molecule has 1 saturated heterocycles. The summed E-state index contributed by atoms with van der Waals surface area (Å²) in [5.41, 5.74) is 5.47. The van der Waals surface area contributed by atoms with Crippen molar-refractivity contribution >= 4 is 17.7 Å². The molecule has 3 nitrogen and oxygen atoms in total. The molecule has 94 valence electrons. The zero-order valence-corrected chi connectivity index (χ0v) is 11.4. The van der Waals surface area contributed by atoms with Crippen molar-refractivity contribution in [3.63, 3.8) is 0 Å². The van der Waals surface area contributed by atoms with E-state index in [2.05, 4.69) is 13.8 Å². The van der Waals surface area contributed by atoms with Crippen LogP contribution < -0.4 is 5.73 Å². The molecular weight excluding hydrogens is 220 g/mol. The second kappa shape index (κ2) is 6.50. The van der Waals surface area contributed by atoms with Gasteiger partial charge in [0.25, 0.3) is 0 Å². The van der Waals surface area contributed by atoms with Gasteiger partial charge in [-0.15, -0.1) is 0 Å². The Hall–Kier alpha value is -0.220. The molecule has 0 aromatic rings. The summed E-state index contributed by atoms with van der Waals surface area (Å²) in [7, 11) is 0. The molecule has 0 aliphatic carbocycles. The van der Waals surface area contributed by atoms with Crippen molar-refractivity contribution in [3.05, 3.63) is 0 Å². The van der Waals surface area contributed by atoms with Gasteiger partial charge in [-0.25, -0.2) is 0 Å². The monoisotopic (exact) mass is 244 g/mol. The van der Waals surface area contributed by atoms with Gasteiger partial charge >= 0.3 is 0 Å². The second-order valence-electron chi connectivity index (χ2n) is 4.83. The molecule has 0 radical (unpaired) electrons. The maximum atomic E-state index is 12.2. The third-order valence-electron chi connectivity index (χ3n) is 2.99. The number of amides is 1. The molecule has 1 rings (SSSR count). The van der Waals surface area contributed by atoms with Crippen LogP contribution in [-0.4, -0.2) is 40.9 Å². The summed E-state index contributed by atoms with van der Waals surface area (Å²) in [6, 6.07) is 0. The molecule has 0 saturated carbocycles. The summed E-state index contributed by atoms with van der Waals surface area (Å²) < 4.78 is 0. The van der Waals surface area contributed by atoms with E-state index in [0.29, 0.717) is 23.0 Å². The van der Waals surface area contributed by atoms with Crippen LogP contribution in [0.5, 0.6) is 0 Å². The van der Waals surface area contributed by atoms with E-state index in [1.165, 1.54) is 0 Å². The van der Waals surface area contributed by atoms with Gasteiger partial charge in [0.1, 0.15) is 0 Å². The predicted molar refractivity (Wildman–Crippen MR) is 70.5 cm³/mol. The maximum Gasteiger partial charge on any atom is 0.225 e. The van der Waals surface area contributed by atoms with E-state index in [1.54, 1.807) is 0 Å². The van der Waals surface area contributed by atoms with Gasteiger partial charge in [0.2, 0.25) is 5.91 Å². The third kappa shape index (κ3) is 3.98. The normalized spacial score (nSPS) is 27.9. The minimum absolute atomic E-state index is 0.131. The van der Waals surface area contributed by atoms with E-state index in [-0.39, 0.29) is 5.92 Å². The second-order valence-corrected chi connectivity index (χ2v) is 6.71. The number of thioether (sulfide) groups is 1. The van der Waals surface area contributed by atoms with E-state index in [0.717, 1.165) is 25.9 Å². The Bertz CT molecular complexity index is 225. The summed E-state index contributed by atoms with van der Waals surface area (Å²) in [5, 5.41) is 1.13. The number of hydrogen-bond acceptors (Lipinski definition) is 3. The molecule has 3 unspecified atom stereocenters. The van der Waals surface area contributed by atoms with E-state index in [4.69, 9.17) is 5.73 Å². The molecule has 0 spiro atoms. The first-order valence-electron chi connectivity index (χ1n) is 6.19. The van der Waals surface area contributed by atoms with Crippen molar-refractivity contribution in [1.29, 1.82) is 0 Å². The van der Waals surface area contributed by atoms with E-state index in [1.807, 2.05) is 23.6 Å². The first-order valence-corrected chi connectivity index (χ1v) is 7.13. The van der Waals surface area contributed by atoms with Crippen LogP contribution in [0.25, 0.3) is 0 Å². The number of carbonyl (C=O) groups excluding carboxylic acids is 1. The van der Waals surface area contributed by atoms with Crippen LogP contribution in [-0.2, 0) is 4.79 Å². The van der Waals surface area contributed by atoms with Gasteiger partial charge in [-0.3, -0.25) is 4.79 Å². The minimum Gasteiger partial charge on any atom is -0.340 e. The molecule has 3 atom stereocenters. The lowest BCUT2D eigenvalue weighted by Crippen LogP contribution is -2.46. The summed E-state index contributed by atoms with van der Waals surface area (Å²) >= 11 is 1.98. The topological polar surface area (TPSA) is 46.3 Å². The van der Waals surface area contributed by atoms with Crippen molar-refractivity contribution in [1.82, 2.24) is 4.90 Å². The molecule has 4 heteroatoms. The van der Waals surface area contributed by atoms with Crippen LogP contribution in [0.4, 0.5) is 0 Å². The van der Waals surface area contributed by atoms with Gasteiger partial charge in [-0.05, 0) is 19.4 Å². The average Bonchev–Trinajstić information content (AvgIpc) is 2.23. The molecule has 1 fully saturated rings. The van der Waals surface area contributed by atoms with Crippen LogP contribution in [0.1, 0.15) is 33.6 Å². The highest BCUT2D eigenvalue weighted by Gasteiger charge is 2.28. The van der Waals surface area contributed by atoms with Crippen molar-refractivity contribution in [2.75, 3.05) is 19.6 Å². The van der Waals surface area contributed by atoms with Crippen LogP contribution in [0.3, 0.4) is 0 Å². The summed E-state index contributed by atoms with van der Waals surface area (Å²) in [5.74, 6) is 0.443. The smallest absolute Gasteiger partial charge is 0.225 e. The molecule has 1 amide bonds. The molecule has 0 aromatic heterocycles. The maximum absolute atomic E-state index is 12.2. The minimum atomic E-state index is 0.131. The Labute approximate surface area is 103 Å². The molecule has 0 aromatic carbocycles. The lowest BCUT2D eigenvalue weighted by Gasteiger charge is -2.36. The van der Waals surface area contributed by atoms with Crippen molar-refractivity contribution in [2.45, 2.75) is 44.1 Å². The standard InChI is InChI=1S/C12H24N2OS/c1-9(5-4-6-13)12(15)14-7-10(2)16-11(3)8-14/h9-11H,4-8,13H2,1-3H3. The van der Waals surface area contributed by atoms with Crippen LogP contribution >= 0.6 is 11.8 Å². The fourth-order valence-corrected chi connectivity index (χ4v) is 3.54. The Morgan fingerprint density at radius 3 is 2.50 bits per heavy atom. The van der Waals surface area contributed by atoms with E-state index >= 15 is 0 Å². The molecular formula is C12H24N2OS. The fraction of sp³-hybridized carbons (Fsp3) is 0.917. The van der Waals surface area contributed by atoms with Gasteiger partial charge < -0.3 is 10.6 Å². The summed E-state index contributed by atoms with van der Waals surface area (Å²) in [6.45, 7) is 8.91.